The predicted octanol–water partition coefficient (Wildman–Crippen LogP) is 4.38. The summed E-state index contributed by atoms with van der Waals surface area (Å²) in [6, 6.07) is 12.5. The van der Waals surface area contributed by atoms with Gasteiger partial charge in [-0.25, -0.2) is 0 Å². The molecule has 138 valence electrons. The summed E-state index contributed by atoms with van der Waals surface area (Å²) >= 11 is 17.0. The highest BCUT2D eigenvalue weighted by Gasteiger charge is 2.03. The van der Waals surface area contributed by atoms with Gasteiger partial charge in [0.1, 0.15) is 18.1 Å². The Bertz CT molecular complexity index is 1110. The summed E-state index contributed by atoms with van der Waals surface area (Å²) in [7, 11) is 0. The molecule has 3 aromatic rings. The van der Waals surface area contributed by atoms with Crippen LogP contribution < -0.4 is 10.3 Å². The third-order valence-corrected chi connectivity index (χ3v) is 4.48. The molecule has 9 heteroatoms. The molecule has 0 unspecified atom stereocenters. The Morgan fingerprint density at radius 3 is 2.70 bits per heavy atom. The second-order valence-electron chi connectivity index (χ2n) is 5.57. The zero-order chi connectivity index (χ0) is 19.4. The third kappa shape index (κ3) is 4.82. The largest absolute Gasteiger partial charge is 0.489 e. The van der Waals surface area contributed by atoms with Crippen molar-refractivity contribution in [2.24, 2.45) is 5.10 Å². The number of nitrogens with one attached hydrogen (secondary N) is 1. The van der Waals surface area contributed by atoms with Gasteiger partial charge in [-0.1, -0.05) is 29.3 Å². The fraction of sp³-hybridized carbons (Fsp3) is 0.111. The van der Waals surface area contributed by atoms with E-state index in [2.05, 4.69) is 15.3 Å². The monoisotopic (exact) mass is 420 g/mol. The molecule has 0 fully saturated rings. The Morgan fingerprint density at radius 2 is 2.00 bits per heavy atom. The van der Waals surface area contributed by atoms with Crippen molar-refractivity contribution in [1.82, 2.24) is 14.9 Å². The van der Waals surface area contributed by atoms with Crippen LogP contribution in [0.15, 0.2) is 52.4 Å². The van der Waals surface area contributed by atoms with Gasteiger partial charge >= 0.3 is 0 Å². The molecule has 6 nitrogen and oxygen atoms in total. The smallest absolute Gasteiger partial charge is 0.296 e. The lowest BCUT2D eigenvalue weighted by atomic mass is 10.2. The zero-order valence-electron chi connectivity index (χ0n) is 14.1. The lowest BCUT2D eigenvalue weighted by Gasteiger charge is -2.08. The third-order valence-electron chi connectivity index (χ3n) is 3.63. The summed E-state index contributed by atoms with van der Waals surface area (Å²) in [6.45, 7) is 1.91. The number of hydrogen-bond acceptors (Lipinski definition) is 5. The maximum Gasteiger partial charge on any atom is 0.296 e. The number of hydrogen-bond donors (Lipinski definition) is 1. The van der Waals surface area contributed by atoms with Crippen molar-refractivity contribution in [3.05, 3.63) is 84.5 Å². The summed E-state index contributed by atoms with van der Waals surface area (Å²) in [5.41, 5.74) is 1.54. The molecule has 0 saturated heterocycles. The van der Waals surface area contributed by atoms with Crippen molar-refractivity contribution in [1.29, 1.82) is 0 Å². The fourth-order valence-electron chi connectivity index (χ4n) is 2.15. The van der Waals surface area contributed by atoms with Crippen LogP contribution in [0.25, 0.3) is 0 Å². The molecule has 1 aromatic heterocycles. The topological polar surface area (TPSA) is 72.3 Å². The zero-order valence-corrected chi connectivity index (χ0v) is 16.5. The SMILES string of the molecule is Cc1n[nH]c(=S)n(/N=C/c2ccc(OCc3ccc(Cl)cc3Cl)cc2)c1=O. The second kappa shape index (κ2) is 8.47. The number of H-pyrrole nitrogens is 1. The molecule has 0 saturated carbocycles. The quantitative estimate of drug-likeness (QED) is 0.490. The molecule has 0 spiro atoms. The minimum atomic E-state index is -0.366. The molecule has 0 amide bonds. The van der Waals surface area contributed by atoms with E-state index in [1.165, 1.54) is 6.21 Å². The van der Waals surface area contributed by atoms with E-state index in [4.69, 9.17) is 40.2 Å². The highest BCUT2D eigenvalue weighted by atomic mass is 35.5. The van der Waals surface area contributed by atoms with Gasteiger partial charge in [-0.3, -0.25) is 9.89 Å². The summed E-state index contributed by atoms with van der Waals surface area (Å²) < 4.78 is 6.94. The Hall–Kier alpha value is -2.48. The number of halogens is 2. The standard InChI is InChI=1S/C18H14Cl2N4O2S/c1-11-17(25)24(18(27)23-22-11)21-9-12-2-6-15(7-3-12)26-10-13-4-5-14(19)8-16(13)20/h2-9H,10H2,1H3,(H,23,27)/b21-9+. The normalized spacial score (nSPS) is 11.1. The maximum atomic E-state index is 12.0. The van der Waals surface area contributed by atoms with Crippen molar-refractivity contribution >= 4 is 41.6 Å². The minimum Gasteiger partial charge on any atom is -0.489 e. The van der Waals surface area contributed by atoms with Crippen LogP contribution in [-0.4, -0.2) is 21.1 Å². The maximum absolute atomic E-state index is 12.0. The molecule has 0 atom stereocenters. The molecular formula is C18H14Cl2N4O2S. The van der Waals surface area contributed by atoms with Gasteiger partial charge in [-0.15, -0.1) is 0 Å². The van der Waals surface area contributed by atoms with Crippen LogP contribution in [0.2, 0.25) is 10.0 Å². The van der Waals surface area contributed by atoms with E-state index in [1.807, 2.05) is 18.2 Å². The minimum absolute atomic E-state index is 0.127. The molecule has 2 aromatic carbocycles. The van der Waals surface area contributed by atoms with Crippen LogP contribution in [0, 0.1) is 11.7 Å². The van der Waals surface area contributed by atoms with Gasteiger partial charge in [-0.05, 0) is 61.1 Å². The first-order valence-corrected chi connectivity index (χ1v) is 9.00. The molecular weight excluding hydrogens is 407 g/mol. The van der Waals surface area contributed by atoms with Gasteiger partial charge in [0.2, 0.25) is 4.77 Å². The van der Waals surface area contributed by atoms with Crippen molar-refractivity contribution in [3.63, 3.8) is 0 Å². The van der Waals surface area contributed by atoms with E-state index >= 15 is 0 Å². The van der Waals surface area contributed by atoms with Crippen LogP contribution in [0.4, 0.5) is 0 Å². The van der Waals surface area contributed by atoms with Gasteiger partial charge in [0.15, 0.2) is 0 Å². The average molecular weight is 421 g/mol. The van der Waals surface area contributed by atoms with E-state index in [0.717, 1.165) is 15.8 Å². The van der Waals surface area contributed by atoms with E-state index in [0.29, 0.717) is 22.4 Å². The Kier molecular flexibility index (Phi) is 6.05. The number of rotatable bonds is 5. The average Bonchev–Trinajstić information content (AvgIpc) is 2.65. The van der Waals surface area contributed by atoms with Gasteiger partial charge < -0.3 is 4.74 Å². The number of benzene rings is 2. The van der Waals surface area contributed by atoms with Gasteiger partial charge in [0.25, 0.3) is 5.56 Å². The van der Waals surface area contributed by atoms with Crippen molar-refractivity contribution < 1.29 is 4.74 Å². The molecule has 0 bridgehead atoms. The highest BCUT2D eigenvalue weighted by molar-refractivity contribution is 7.71. The predicted molar refractivity (Wildman–Crippen MR) is 109 cm³/mol. The molecule has 1 heterocycles. The van der Waals surface area contributed by atoms with Gasteiger partial charge in [0.05, 0.1) is 6.21 Å². The van der Waals surface area contributed by atoms with Gasteiger partial charge in [0, 0.05) is 15.6 Å². The lowest BCUT2D eigenvalue weighted by Crippen LogP contribution is -2.22. The lowest BCUT2D eigenvalue weighted by molar-refractivity contribution is 0.306. The molecule has 1 N–H and O–H groups in total. The molecule has 27 heavy (non-hydrogen) atoms. The summed E-state index contributed by atoms with van der Waals surface area (Å²) in [6.07, 6.45) is 1.53. The first-order valence-electron chi connectivity index (χ1n) is 7.83. The molecule has 3 rings (SSSR count). The second-order valence-corrected chi connectivity index (χ2v) is 6.80. The van der Waals surface area contributed by atoms with Crippen LogP contribution in [0.1, 0.15) is 16.8 Å². The summed E-state index contributed by atoms with van der Waals surface area (Å²) in [4.78, 5) is 12.0. The number of ether oxygens (including phenoxy) is 1. The summed E-state index contributed by atoms with van der Waals surface area (Å²) in [5.74, 6) is 0.674. The number of aromatic nitrogens is 3. The number of aryl methyl sites for hydroxylation is 1. The van der Waals surface area contributed by atoms with Crippen LogP contribution in [0.5, 0.6) is 5.75 Å². The van der Waals surface area contributed by atoms with Gasteiger partial charge in [-0.2, -0.15) is 14.9 Å². The van der Waals surface area contributed by atoms with E-state index in [1.54, 1.807) is 31.2 Å². The van der Waals surface area contributed by atoms with E-state index < -0.39 is 0 Å². The summed E-state index contributed by atoms with van der Waals surface area (Å²) in [5, 5.41) is 11.6. The molecule has 0 radical (unpaired) electrons. The van der Waals surface area contributed by atoms with Crippen molar-refractivity contribution in [3.8, 4) is 5.75 Å². The Labute approximate surface area is 170 Å². The Morgan fingerprint density at radius 1 is 1.26 bits per heavy atom. The first kappa shape index (κ1) is 19.3. The van der Waals surface area contributed by atoms with Crippen LogP contribution in [-0.2, 0) is 6.61 Å². The molecule has 0 aliphatic carbocycles. The molecule has 0 aliphatic heterocycles. The highest BCUT2D eigenvalue weighted by Crippen LogP contribution is 2.22. The van der Waals surface area contributed by atoms with Crippen molar-refractivity contribution in [2.45, 2.75) is 13.5 Å². The molecule has 0 aliphatic rings. The van der Waals surface area contributed by atoms with Crippen LogP contribution in [0.3, 0.4) is 0 Å². The van der Waals surface area contributed by atoms with E-state index in [9.17, 15) is 4.79 Å². The fourth-order valence-corrected chi connectivity index (χ4v) is 2.79. The van der Waals surface area contributed by atoms with Crippen LogP contribution >= 0.6 is 35.4 Å². The Balaban J connectivity index is 1.70. The number of nitrogens with zero attached hydrogens (tertiary/aromatic N) is 3. The van der Waals surface area contributed by atoms with Crippen molar-refractivity contribution in [2.75, 3.05) is 0 Å². The first-order chi connectivity index (χ1) is 12.9. The van der Waals surface area contributed by atoms with E-state index in [-0.39, 0.29) is 16.0 Å². The number of aromatic amines is 1.